The number of benzene rings is 2. The van der Waals surface area contributed by atoms with Crippen molar-refractivity contribution in [3.63, 3.8) is 0 Å². The van der Waals surface area contributed by atoms with E-state index >= 15 is 0 Å². The molecule has 0 aliphatic carbocycles. The summed E-state index contributed by atoms with van der Waals surface area (Å²) in [4.78, 5) is 22.1. The van der Waals surface area contributed by atoms with Gasteiger partial charge in [0, 0.05) is 43.0 Å². The number of alkyl halides is 3. The second-order valence-electron chi connectivity index (χ2n) is 6.00. The maximum absolute atomic E-state index is 12.9. The van der Waals surface area contributed by atoms with E-state index in [2.05, 4.69) is 10.6 Å². The first-order valence-corrected chi connectivity index (χ1v) is 8.38. The zero-order valence-electron chi connectivity index (χ0n) is 14.8. The number of nitrogens with zero attached hydrogens (tertiary/aromatic N) is 1. The molecule has 0 heterocycles. The van der Waals surface area contributed by atoms with Gasteiger partial charge in [-0.05, 0) is 42.3 Å². The Morgan fingerprint density at radius 2 is 1.79 bits per heavy atom. The van der Waals surface area contributed by atoms with Gasteiger partial charge >= 0.3 is 6.18 Å². The van der Waals surface area contributed by atoms with Gasteiger partial charge < -0.3 is 16.4 Å². The molecule has 0 saturated carbocycles. The minimum absolute atomic E-state index is 0.0251. The molecule has 2 rings (SSSR count). The van der Waals surface area contributed by atoms with E-state index in [4.69, 9.17) is 5.73 Å². The summed E-state index contributed by atoms with van der Waals surface area (Å²) in [7, 11) is 0. The second-order valence-corrected chi connectivity index (χ2v) is 6.00. The van der Waals surface area contributed by atoms with Crippen molar-refractivity contribution in [2.45, 2.75) is 25.6 Å². The zero-order chi connectivity index (χ0) is 20.7. The van der Waals surface area contributed by atoms with E-state index in [9.17, 15) is 28.1 Å². The molecule has 2 aromatic carbocycles. The van der Waals surface area contributed by atoms with E-state index in [1.54, 1.807) is 12.1 Å². The third-order valence-corrected chi connectivity index (χ3v) is 3.83. The van der Waals surface area contributed by atoms with Gasteiger partial charge in [0.2, 0.25) is 5.91 Å². The van der Waals surface area contributed by atoms with Crippen molar-refractivity contribution in [3.8, 4) is 0 Å². The van der Waals surface area contributed by atoms with Gasteiger partial charge in [-0.3, -0.25) is 14.9 Å². The van der Waals surface area contributed by atoms with Gasteiger partial charge in [0.15, 0.2) is 0 Å². The number of hydrogen-bond acceptors (Lipinski definition) is 5. The van der Waals surface area contributed by atoms with Crippen LogP contribution in [0.5, 0.6) is 0 Å². The molecule has 0 spiro atoms. The summed E-state index contributed by atoms with van der Waals surface area (Å²) in [5.41, 5.74) is 5.50. The van der Waals surface area contributed by atoms with Crippen LogP contribution in [0.3, 0.4) is 0 Å². The van der Waals surface area contributed by atoms with Gasteiger partial charge in [-0.1, -0.05) is 0 Å². The van der Waals surface area contributed by atoms with Gasteiger partial charge in [0.1, 0.15) is 0 Å². The van der Waals surface area contributed by atoms with Crippen LogP contribution in [0.15, 0.2) is 42.5 Å². The Bertz CT molecular complexity index is 839. The number of carbonyl (C=O) groups is 1. The van der Waals surface area contributed by atoms with Crippen molar-refractivity contribution in [2.24, 2.45) is 5.73 Å². The summed E-state index contributed by atoms with van der Waals surface area (Å²) in [6.45, 7) is 0.341. The number of nitro benzene ring substituents is 1. The molecule has 7 nitrogen and oxygen atoms in total. The number of hydrogen-bond donors (Lipinski definition) is 3. The van der Waals surface area contributed by atoms with Crippen LogP contribution in [0.4, 0.5) is 30.2 Å². The normalized spacial score (nSPS) is 11.1. The van der Waals surface area contributed by atoms with Gasteiger partial charge in [-0.15, -0.1) is 0 Å². The zero-order valence-corrected chi connectivity index (χ0v) is 14.8. The van der Waals surface area contributed by atoms with Gasteiger partial charge in [-0.2, -0.15) is 13.2 Å². The molecular weight excluding hydrogens is 377 g/mol. The smallest absolute Gasteiger partial charge is 0.385 e. The van der Waals surface area contributed by atoms with Crippen LogP contribution in [-0.2, 0) is 17.5 Å². The van der Waals surface area contributed by atoms with Crippen molar-refractivity contribution in [2.75, 3.05) is 17.2 Å². The fourth-order valence-corrected chi connectivity index (χ4v) is 2.45. The topological polar surface area (TPSA) is 110 Å². The first kappa shape index (κ1) is 21.2. The minimum Gasteiger partial charge on any atom is -0.385 e. The lowest BCUT2D eigenvalue weighted by Gasteiger charge is -2.12. The Balaban J connectivity index is 1.84. The average molecular weight is 396 g/mol. The largest absolute Gasteiger partial charge is 0.416 e. The van der Waals surface area contributed by atoms with E-state index < -0.39 is 22.6 Å². The number of anilines is 2. The van der Waals surface area contributed by atoms with E-state index in [0.29, 0.717) is 18.7 Å². The van der Waals surface area contributed by atoms with Crippen LogP contribution in [0, 0.1) is 10.1 Å². The van der Waals surface area contributed by atoms with E-state index in [1.165, 1.54) is 18.2 Å². The number of non-ortho nitro benzene ring substituents is 1. The highest BCUT2D eigenvalue weighted by molar-refractivity contribution is 5.90. The van der Waals surface area contributed by atoms with Crippen LogP contribution in [-0.4, -0.2) is 17.4 Å². The number of rotatable bonds is 8. The lowest BCUT2D eigenvalue weighted by atomic mass is 10.1. The van der Waals surface area contributed by atoms with Crippen LogP contribution in [0.2, 0.25) is 0 Å². The molecular formula is C18H19F3N4O3. The quantitative estimate of drug-likeness (QED) is 0.356. The van der Waals surface area contributed by atoms with Crippen molar-refractivity contribution in [3.05, 3.63) is 63.7 Å². The first-order valence-electron chi connectivity index (χ1n) is 8.38. The molecule has 0 aromatic heterocycles. The molecule has 0 fully saturated rings. The molecule has 0 aliphatic rings. The maximum Gasteiger partial charge on any atom is 0.416 e. The Kier molecular flexibility index (Phi) is 6.94. The number of nitro groups is 1. The predicted octanol–water partition coefficient (Wildman–Crippen LogP) is 3.90. The molecule has 150 valence electrons. The molecule has 2 aromatic rings. The van der Waals surface area contributed by atoms with E-state index in [-0.39, 0.29) is 29.9 Å². The van der Waals surface area contributed by atoms with Crippen LogP contribution in [0.25, 0.3) is 0 Å². The van der Waals surface area contributed by atoms with Crippen LogP contribution < -0.4 is 16.4 Å². The number of halogens is 3. The summed E-state index contributed by atoms with van der Waals surface area (Å²) in [6, 6.07) is 9.04. The minimum atomic E-state index is -4.53. The molecule has 1 amide bonds. The van der Waals surface area contributed by atoms with Crippen molar-refractivity contribution < 1.29 is 22.9 Å². The number of nitrogens with two attached hydrogens (primary N) is 1. The monoisotopic (exact) mass is 396 g/mol. The third-order valence-electron chi connectivity index (χ3n) is 3.83. The highest BCUT2D eigenvalue weighted by atomic mass is 19.4. The Labute approximate surface area is 158 Å². The lowest BCUT2D eigenvalue weighted by molar-refractivity contribution is -0.384. The third kappa shape index (κ3) is 6.23. The van der Waals surface area contributed by atoms with Crippen LogP contribution in [0.1, 0.15) is 24.0 Å². The molecule has 0 unspecified atom stereocenters. The van der Waals surface area contributed by atoms with Crippen LogP contribution >= 0.6 is 0 Å². The molecule has 28 heavy (non-hydrogen) atoms. The SMILES string of the molecule is NCc1cc(NC(=O)CCCNc2ccc([N+](=O)[O-])cc2)cc(C(F)(F)F)c1. The fourth-order valence-electron chi connectivity index (χ4n) is 2.45. The highest BCUT2D eigenvalue weighted by Gasteiger charge is 2.31. The molecule has 0 atom stereocenters. The average Bonchev–Trinajstić information content (AvgIpc) is 2.64. The van der Waals surface area contributed by atoms with Gasteiger partial charge in [0.25, 0.3) is 5.69 Å². The van der Waals surface area contributed by atoms with Crippen molar-refractivity contribution >= 4 is 23.0 Å². The van der Waals surface area contributed by atoms with Gasteiger partial charge in [-0.25, -0.2) is 0 Å². The summed E-state index contributed by atoms with van der Waals surface area (Å²) < 4.78 is 38.7. The van der Waals surface area contributed by atoms with E-state index in [1.807, 2.05) is 0 Å². The Hall–Kier alpha value is -3.14. The van der Waals surface area contributed by atoms with Gasteiger partial charge in [0.05, 0.1) is 10.5 Å². The first-order chi connectivity index (χ1) is 13.2. The van der Waals surface area contributed by atoms with Crippen molar-refractivity contribution in [1.82, 2.24) is 0 Å². The van der Waals surface area contributed by atoms with E-state index in [0.717, 1.165) is 12.1 Å². The standard InChI is InChI=1S/C18H19F3N4O3/c19-18(20,21)13-8-12(11-22)9-15(10-13)24-17(26)2-1-7-23-14-3-5-16(6-4-14)25(27)28/h3-6,8-10,23H,1-2,7,11,22H2,(H,24,26). The lowest BCUT2D eigenvalue weighted by Crippen LogP contribution is -2.15. The molecule has 4 N–H and O–H groups in total. The number of carbonyl (C=O) groups excluding carboxylic acids is 1. The molecule has 0 radical (unpaired) electrons. The van der Waals surface area contributed by atoms with Crippen molar-refractivity contribution in [1.29, 1.82) is 0 Å². The molecule has 0 aliphatic heterocycles. The summed E-state index contributed by atoms with van der Waals surface area (Å²) in [5.74, 6) is -0.423. The summed E-state index contributed by atoms with van der Waals surface area (Å²) in [6.07, 6.45) is -4.01. The highest BCUT2D eigenvalue weighted by Crippen LogP contribution is 2.32. The summed E-state index contributed by atoms with van der Waals surface area (Å²) in [5, 5.41) is 16.0. The predicted molar refractivity (Wildman–Crippen MR) is 98.8 cm³/mol. The summed E-state index contributed by atoms with van der Waals surface area (Å²) >= 11 is 0. The Morgan fingerprint density at radius 1 is 1.11 bits per heavy atom. The fraction of sp³-hybridized carbons (Fsp3) is 0.278. The second kappa shape index (κ2) is 9.18. The molecule has 10 heteroatoms. The number of amides is 1. The maximum atomic E-state index is 12.9. The molecule has 0 bridgehead atoms. The molecule has 0 saturated heterocycles. The number of nitrogens with one attached hydrogen (secondary N) is 2. The Morgan fingerprint density at radius 3 is 2.36 bits per heavy atom.